The minimum absolute atomic E-state index is 0.238. The van der Waals surface area contributed by atoms with Gasteiger partial charge in [0.15, 0.2) is 17.0 Å². The number of rotatable bonds is 10. The van der Waals surface area contributed by atoms with E-state index in [0.717, 1.165) is 25.7 Å². The van der Waals surface area contributed by atoms with E-state index in [9.17, 15) is 24.9 Å². The number of esters is 1. The largest absolute Gasteiger partial charge is 0.455 e. The summed E-state index contributed by atoms with van der Waals surface area (Å²) in [5.74, 6) is -5.81. The van der Waals surface area contributed by atoms with Crippen molar-refractivity contribution < 1.29 is 48.6 Å². The van der Waals surface area contributed by atoms with Crippen molar-refractivity contribution in [1.82, 2.24) is 0 Å². The number of hydrogen-bond acceptors (Lipinski definition) is 10. The number of aliphatic hydroxyl groups is 3. The molecule has 1 aromatic rings. The molecule has 3 saturated heterocycles. The summed E-state index contributed by atoms with van der Waals surface area (Å²) in [6.45, 7) is 11.0. The second-order valence-electron chi connectivity index (χ2n) is 14.1. The quantitative estimate of drug-likeness (QED) is 0.113. The van der Waals surface area contributed by atoms with Gasteiger partial charge in [-0.1, -0.05) is 75.8 Å². The first-order valence-electron chi connectivity index (χ1n) is 16.7. The number of hydrogen-bond donors (Lipinski definition) is 3. The van der Waals surface area contributed by atoms with Crippen molar-refractivity contribution in [3.05, 3.63) is 84.0 Å². The summed E-state index contributed by atoms with van der Waals surface area (Å²) >= 11 is 0. The maximum Gasteiger partial charge on any atom is 0.338 e. The van der Waals surface area contributed by atoms with E-state index in [1.807, 2.05) is 19.1 Å². The van der Waals surface area contributed by atoms with Gasteiger partial charge in [-0.05, 0) is 50.0 Å². The van der Waals surface area contributed by atoms with E-state index in [1.165, 1.54) is 0 Å². The number of allylic oxidation sites excluding steroid dienone is 3. The highest BCUT2D eigenvalue weighted by molar-refractivity contribution is 6.05. The fraction of sp³-hybridized carbons (Fsp3) is 0.568. The topological polar surface area (TPSA) is 144 Å². The molecule has 7 rings (SSSR count). The van der Waals surface area contributed by atoms with Crippen LogP contribution in [0.3, 0.4) is 0 Å². The first-order chi connectivity index (χ1) is 22.4. The van der Waals surface area contributed by atoms with Gasteiger partial charge in [0, 0.05) is 23.8 Å². The van der Waals surface area contributed by atoms with E-state index in [2.05, 4.69) is 13.5 Å². The van der Waals surface area contributed by atoms with Crippen LogP contribution >= 0.6 is 0 Å². The van der Waals surface area contributed by atoms with Crippen molar-refractivity contribution >= 4 is 11.8 Å². The molecule has 2 saturated carbocycles. The van der Waals surface area contributed by atoms with Crippen LogP contribution in [0.1, 0.15) is 63.7 Å². The molecule has 3 aliphatic carbocycles. The number of fused-ring (bicyclic) bond motifs is 3. The number of benzene rings is 1. The van der Waals surface area contributed by atoms with Crippen molar-refractivity contribution in [3.8, 4) is 0 Å². The molecule has 3 unspecified atom stereocenters. The lowest BCUT2D eigenvalue weighted by molar-refractivity contribution is -0.407. The molecule has 3 aliphatic heterocycles. The van der Waals surface area contributed by atoms with Gasteiger partial charge in [0.05, 0.1) is 17.8 Å². The van der Waals surface area contributed by atoms with Gasteiger partial charge in [-0.3, -0.25) is 4.79 Å². The summed E-state index contributed by atoms with van der Waals surface area (Å²) < 4.78 is 33.2. The molecule has 0 radical (unpaired) electrons. The molecule has 10 nitrogen and oxygen atoms in total. The van der Waals surface area contributed by atoms with E-state index < -0.39 is 88.9 Å². The van der Waals surface area contributed by atoms with E-state index in [0.29, 0.717) is 11.1 Å². The van der Waals surface area contributed by atoms with Crippen LogP contribution in [0, 0.1) is 17.8 Å². The molecule has 3 heterocycles. The summed E-state index contributed by atoms with van der Waals surface area (Å²) in [6.07, 6.45) is 8.51. The van der Waals surface area contributed by atoms with Crippen molar-refractivity contribution in [3.63, 3.8) is 0 Å². The Morgan fingerprint density at radius 2 is 1.85 bits per heavy atom. The van der Waals surface area contributed by atoms with Crippen LogP contribution in [0.4, 0.5) is 0 Å². The van der Waals surface area contributed by atoms with Crippen molar-refractivity contribution in [2.75, 3.05) is 6.61 Å². The van der Waals surface area contributed by atoms with Crippen LogP contribution in [0.5, 0.6) is 0 Å². The maximum absolute atomic E-state index is 13.8. The van der Waals surface area contributed by atoms with Crippen LogP contribution in [0.2, 0.25) is 0 Å². The minimum Gasteiger partial charge on any atom is -0.455 e. The zero-order valence-electron chi connectivity index (χ0n) is 27.3. The van der Waals surface area contributed by atoms with Crippen molar-refractivity contribution in [1.29, 1.82) is 0 Å². The Labute approximate surface area is 274 Å². The average Bonchev–Trinajstić information content (AvgIpc) is 3.69. The fourth-order valence-electron chi connectivity index (χ4n) is 9.24. The van der Waals surface area contributed by atoms with Crippen molar-refractivity contribution in [2.24, 2.45) is 17.8 Å². The van der Waals surface area contributed by atoms with Gasteiger partial charge in [-0.2, -0.15) is 0 Å². The molecule has 1 aromatic carbocycles. The van der Waals surface area contributed by atoms with Gasteiger partial charge in [0.2, 0.25) is 0 Å². The molecular weight excluding hydrogens is 604 g/mol. The third-order valence-electron chi connectivity index (χ3n) is 11.5. The van der Waals surface area contributed by atoms with Crippen LogP contribution in [0.25, 0.3) is 0 Å². The molecule has 47 heavy (non-hydrogen) atoms. The Hall–Kier alpha value is -2.96. The van der Waals surface area contributed by atoms with Crippen LogP contribution in [-0.4, -0.2) is 86.5 Å². The molecule has 10 heteroatoms. The number of epoxide rings is 1. The van der Waals surface area contributed by atoms with Crippen LogP contribution < -0.4 is 0 Å². The lowest BCUT2D eigenvalue weighted by Crippen LogP contribution is -2.76. The third-order valence-corrected chi connectivity index (χ3v) is 11.5. The summed E-state index contributed by atoms with van der Waals surface area (Å²) in [5.41, 5.74) is -6.01. The minimum atomic E-state index is -2.41. The molecule has 3 bridgehead atoms. The van der Waals surface area contributed by atoms with E-state index in [4.69, 9.17) is 23.7 Å². The lowest BCUT2D eigenvalue weighted by atomic mass is 9.53. The Bertz CT molecular complexity index is 1570. The molecule has 0 aromatic heterocycles. The standard InChI is InChI=1S/C37H44O10/c1-6-7-8-9-10-11-15-18-34-45-30-26-29-33(20-38,44-29)32(41)35(42)25(19-22(4)27(35)39)37(26,47-34)23(5)28(36(30,46-34)21(2)3)43-31(40)24-16-13-12-14-17-24/h10-19,23,25-26,28-30,32,38,41-42H,2,6-9,20H2,1,3-5H3/b11-10+,18-15+/t23-,25-,26+,28-,29?,30?,32-,33+,34?,35-,36+,37+/m1/s1. The normalized spacial score (nSPS) is 45.8. The first-order valence-corrected chi connectivity index (χ1v) is 16.7. The number of Topliss-reactive ketones (excluding diaryl/α,β-unsaturated/α-hetero) is 1. The Morgan fingerprint density at radius 3 is 2.53 bits per heavy atom. The third kappa shape index (κ3) is 4.16. The average molecular weight is 649 g/mol. The van der Waals surface area contributed by atoms with Gasteiger partial charge in [-0.15, -0.1) is 0 Å². The summed E-state index contributed by atoms with van der Waals surface area (Å²) in [7, 11) is 0. The van der Waals surface area contributed by atoms with Crippen LogP contribution in [0.15, 0.2) is 78.4 Å². The number of carbonyl (C=O) groups is 2. The summed E-state index contributed by atoms with van der Waals surface area (Å²) in [5, 5.41) is 34.9. The molecule has 5 fully saturated rings. The lowest BCUT2D eigenvalue weighted by Gasteiger charge is -2.61. The van der Waals surface area contributed by atoms with Gasteiger partial charge in [-0.25, -0.2) is 4.79 Å². The molecule has 3 N–H and O–H groups in total. The van der Waals surface area contributed by atoms with E-state index in [-0.39, 0.29) is 5.57 Å². The van der Waals surface area contributed by atoms with Crippen LogP contribution in [-0.2, 0) is 28.5 Å². The van der Waals surface area contributed by atoms with E-state index in [1.54, 1.807) is 62.4 Å². The van der Waals surface area contributed by atoms with Gasteiger partial charge in [0.25, 0.3) is 0 Å². The smallest absolute Gasteiger partial charge is 0.338 e. The summed E-state index contributed by atoms with van der Waals surface area (Å²) in [4.78, 5) is 27.6. The zero-order chi connectivity index (χ0) is 33.6. The maximum atomic E-state index is 13.8. The van der Waals surface area contributed by atoms with Gasteiger partial charge in [0.1, 0.15) is 30.0 Å². The number of ketones is 1. The second-order valence-corrected chi connectivity index (χ2v) is 14.1. The monoisotopic (exact) mass is 648 g/mol. The molecule has 0 amide bonds. The Balaban J connectivity index is 1.41. The molecule has 12 atom stereocenters. The second kappa shape index (κ2) is 11.0. The molecule has 6 aliphatic rings. The summed E-state index contributed by atoms with van der Waals surface area (Å²) in [6, 6.07) is 8.57. The zero-order valence-corrected chi connectivity index (χ0v) is 27.3. The molecular formula is C37H44O10. The highest BCUT2D eigenvalue weighted by Gasteiger charge is 2.90. The fourth-order valence-corrected chi connectivity index (χ4v) is 9.24. The highest BCUT2D eigenvalue weighted by Crippen LogP contribution is 2.73. The van der Waals surface area contributed by atoms with Gasteiger partial charge >= 0.3 is 11.9 Å². The number of unbranched alkanes of at least 4 members (excludes halogenated alkanes) is 3. The SMILES string of the molecule is C=C(C)[C@@]12OC3(/C=C/C=C/CCCCC)OC1[C@@H]1C4O[C@]4(CO)[C@@H](O)[C@]4(O)C(=O)C(C)=C[C@H]4[C@@]1(O3)[C@H](C)[C@H]2OC(=O)c1ccccc1. The number of aliphatic hydroxyl groups excluding tert-OH is 2. The highest BCUT2D eigenvalue weighted by atomic mass is 16.9. The van der Waals surface area contributed by atoms with E-state index >= 15 is 0 Å². The Morgan fingerprint density at radius 1 is 1.11 bits per heavy atom. The number of carbonyl (C=O) groups excluding carboxylic acids is 2. The molecule has 252 valence electrons. The molecule has 0 spiro atoms. The van der Waals surface area contributed by atoms with Crippen molar-refractivity contribution in [2.45, 2.75) is 106 Å². The predicted molar refractivity (Wildman–Crippen MR) is 169 cm³/mol. The van der Waals surface area contributed by atoms with Gasteiger partial charge < -0.3 is 39.0 Å². The number of ether oxygens (including phenoxy) is 5. The Kier molecular flexibility index (Phi) is 7.65. The first kappa shape index (κ1) is 32.6. The predicted octanol–water partition coefficient (Wildman–Crippen LogP) is 3.70.